The molecule has 5 nitrogen and oxygen atoms in total. The summed E-state index contributed by atoms with van der Waals surface area (Å²) < 4.78 is 9.97. The molecule has 0 aromatic carbocycles. The minimum atomic E-state index is -0.711. The Labute approximate surface area is 108 Å². The molecule has 1 aliphatic rings. The van der Waals surface area contributed by atoms with E-state index in [0.29, 0.717) is 23.8 Å². The Kier molecular flexibility index (Phi) is 5.19. The van der Waals surface area contributed by atoms with Gasteiger partial charge < -0.3 is 14.8 Å². The molecule has 0 aromatic rings. The number of carbonyl (C=O) groups is 2. The van der Waals surface area contributed by atoms with Crippen LogP contribution in [0.3, 0.4) is 0 Å². The number of hydrogen-bond acceptors (Lipinski definition) is 4. The first-order valence-corrected chi connectivity index (χ1v) is 6.29. The lowest BCUT2D eigenvalue weighted by Crippen LogP contribution is -2.34. The lowest BCUT2D eigenvalue weighted by molar-refractivity contribution is -0.122. The van der Waals surface area contributed by atoms with Gasteiger partial charge in [0.1, 0.15) is 5.76 Å². The Hall–Kier alpha value is -1.52. The first-order valence-electron chi connectivity index (χ1n) is 6.29. The Balaban J connectivity index is 2.82. The topological polar surface area (TPSA) is 64.6 Å². The van der Waals surface area contributed by atoms with E-state index in [9.17, 15) is 9.59 Å². The molecule has 0 spiro atoms. The summed E-state index contributed by atoms with van der Waals surface area (Å²) in [4.78, 5) is 22.9. The van der Waals surface area contributed by atoms with Gasteiger partial charge in [0, 0.05) is 12.3 Å². The van der Waals surface area contributed by atoms with Gasteiger partial charge in [0.05, 0.1) is 12.3 Å². The highest BCUT2D eigenvalue weighted by Gasteiger charge is 2.29. The second-order valence-corrected chi connectivity index (χ2v) is 4.85. The van der Waals surface area contributed by atoms with Gasteiger partial charge in [-0.05, 0) is 26.2 Å². The van der Waals surface area contributed by atoms with Crippen LogP contribution in [0.15, 0.2) is 11.5 Å². The zero-order chi connectivity index (χ0) is 13.7. The van der Waals surface area contributed by atoms with E-state index < -0.39 is 6.16 Å². The number of amides is 1. The van der Waals surface area contributed by atoms with Gasteiger partial charge in [0.25, 0.3) is 0 Å². The maximum atomic E-state index is 11.5. The predicted octanol–water partition coefficient (Wildman–Crippen LogP) is 2.57. The highest BCUT2D eigenvalue weighted by Crippen LogP contribution is 2.29. The SMILES string of the molecule is CCOC(=O)OC1=C(C)NC(=O)CC1CC(C)C. The van der Waals surface area contributed by atoms with Crippen molar-refractivity contribution in [1.82, 2.24) is 5.32 Å². The van der Waals surface area contributed by atoms with Gasteiger partial charge in [-0.1, -0.05) is 13.8 Å². The molecule has 1 amide bonds. The van der Waals surface area contributed by atoms with Crippen molar-refractivity contribution < 1.29 is 19.1 Å². The van der Waals surface area contributed by atoms with Crippen LogP contribution in [0.25, 0.3) is 0 Å². The van der Waals surface area contributed by atoms with E-state index >= 15 is 0 Å². The Bertz CT molecular complexity index is 360. The summed E-state index contributed by atoms with van der Waals surface area (Å²) in [6.45, 7) is 7.87. The molecular weight excluding hydrogens is 234 g/mol. The number of allylic oxidation sites excluding steroid dienone is 2. The number of ether oxygens (including phenoxy) is 2. The smallest absolute Gasteiger partial charge is 0.434 e. The largest absolute Gasteiger partial charge is 0.513 e. The second-order valence-electron chi connectivity index (χ2n) is 4.85. The normalized spacial score (nSPS) is 19.8. The molecule has 1 aliphatic heterocycles. The van der Waals surface area contributed by atoms with Crippen LogP contribution in [0.5, 0.6) is 0 Å². The van der Waals surface area contributed by atoms with Gasteiger partial charge >= 0.3 is 6.16 Å². The Morgan fingerprint density at radius 2 is 2.17 bits per heavy atom. The fourth-order valence-electron chi connectivity index (χ4n) is 2.10. The standard InChI is InChI=1S/C13H21NO4/c1-5-17-13(16)18-12-9(4)14-11(15)7-10(12)6-8(2)3/h8,10H,5-7H2,1-4H3,(H,14,15). The van der Waals surface area contributed by atoms with Crippen molar-refractivity contribution in [1.29, 1.82) is 0 Å². The molecule has 1 rings (SSSR count). The monoisotopic (exact) mass is 255 g/mol. The van der Waals surface area contributed by atoms with Crippen LogP contribution in [-0.2, 0) is 14.3 Å². The molecule has 5 heteroatoms. The predicted molar refractivity (Wildman–Crippen MR) is 66.5 cm³/mol. The van der Waals surface area contributed by atoms with E-state index in [0.717, 1.165) is 6.42 Å². The van der Waals surface area contributed by atoms with E-state index in [4.69, 9.17) is 9.47 Å². The van der Waals surface area contributed by atoms with E-state index in [2.05, 4.69) is 19.2 Å². The fraction of sp³-hybridized carbons (Fsp3) is 0.692. The average molecular weight is 255 g/mol. The molecule has 1 N–H and O–H groups in total. The molecule has 1 unspecified atom stereocenters. The zero-order valence-corrected chi connectivity index (χ0v) is 11.4. The van der Waals surface area contributed by atoms with Crippen molar-refractivity contribution in [2.45, 2.75) is 40.5 Å². The first kappa shape index (κ1) is 14.5. The number of nitrogens with one attached hydrogen (secondary N) is 1. The van der Waals surface area contributed by atoms with Crippen molar-refractivity contribution in [2.24, 2.45) is 11.8 Å². The van der Waals surface area contributed by atoms with Crippen LogP contribution in [0.2, 0.25) is 0 Å². The fourth-order valence-corrected chi connectivity index (χ4v) is 2.10. The maximum Gasteiger partial charge on any atom is 0.513 e. The molecule has 0 radical (unpaired) electrons. The summed E-state index contributed by atoms with van der Waals surface area (Å²) in [5, 5.41) is 2.69. The van der Waals surface area contributed by atoms with Gasteiger partial charge in [-0.2, -0.15) is 0 Å². The van der Waals surface area contributed by atoms with E-state index in [1.54, 1.807) is 13.8 Å². The summed E-state index contributed by atoms with van der Waals surface area (Å²) in [7, 11) is 0. The quantitative estimate of drug-likeness (QED) is 0.784. The molecule has 0 fully saturated rings. The third-order valence-corrected chi connectivity index (χ3v) is 2.71. The van der Waals surface area contributed by atoms with Crippen LogP contribution in [0.4, 0.5) is 4.79 Å². The number of hydrogen-bond donors (Lipinski definition) is 1. The number of rotatable bonds is 4. The van der Waals surface area contributed by atoms with Crippen LogP contribution in [0, 0.1) is 11.8 Å². The molecule has 1 heterocycles. The van der Waals surface area contributed by atoms with E-state index in [-0.39, 0.29) is 18.4 Å². The molecule has 0 saturated heterocycles. The van der Waals surface area contributed by atoms with Gasteiger partial charge in [0.2, 0.25) is 5.91 Å². The molecule has 0 aromatic heterocycles. The van der Waals surface area contributed by atoms with Crippen molar-refractivity contribution in [3.63, 3.8) is 0 Å². The van der Waals surface area contributed by atoms with Crippen molar-refractivity contribution >= 4 is 12.1 Å². The lowest BCUT2D eigenvalue weighted by atomic mass is 9.89. The van der Waals surface area contributed by atoms with Crippen LogP contribution in [-0.4, -0.2) is 18.7 Å². The summed E-state index contributed by atoms with van der Waals surface area (Å²) in [5.41, 5.74) is 0.602. The zero-order valence-electron chi connectivity index (χ0n) is 11.4. The van der Waals surface area contributed by atoms with Gasteiger partial charge in [-0.25, -0.2) is 4.79 Å². The molecule has 0 aliphatic carbocycles. The highest BCUT2D eigenvalue weighted by molar-refractivity contribution is 5.80. The summed E-state index contributed by atoms with van der Waals surface area (Å²) in [5.74, 6) is 0.869. The van der Waals surface area contributed by atoms with E-state index in [1.807, 2.05) is 0 Å². The molecule has 0 bridgehead atoms. The van der Waals surface area contributed by atoms with Crippen molar-refractivity contribution in [3.8, 4) is 0 Å². The van der Waals surface area contributed by atoms with E-state index in [1.165, 1.54) is 0 Å². The minimum Gasteiger partial charge on any atom is -0.434 e. The third-order valence-electron chi connectivity index (χ3n) is 2.71. The lowest BCUT2D eigenvalue weighted by Gasteiger charge is -2.27. The average Bonchev–Trinajstić information content (AvgIpc) is 2.22. The second kappa shape index (κ2) is 6.42. The highest BCUT2D eigenvalue weighted by atomic mass is 16.7. The summed E-state index contributed by atoms with van der Waals surface area (Å²) in [6.07, 6.45) is 0.445. The molecule has 18 heavy (non-hydrogen) atoms. The van der Waals surface area contributed by atoms with Crippen molar-refractivity contribution in [3.05, 3.63) is 11.5 Å². The number of carbonyl (C=O) groups excluding carboxylic acids is 2. The molecule has 1 atom stereocenters. The minimum absolute atomic E-state index is 0.0330. The van der Waals surface area contributed by atoms with Gasteiger partial charge in [0.15, 0.2) is 0 Å². The first-order chi connectivity index (χ1) is 8.43. The van der Waals surface area contributed by atoms with Crippen LogP contribution < -0.4 is 5.32 Å². The Morgan fingerprint density at radius 3 is 2.72 bits per heavy atom. The Morgan fingerprint density at radius 1 is 1.50 bits per heavy atom. The van der Waals surface area contributed by atoms with Gasteiger partial charge in [-0.3, -0.25) is 4.79 Å². The third kappa shape index (κ3) is 4.05. The summed E-state index contributed by atoms with van der Waals surface area (Å²) in [6, 6.07) is 0. The maximum absolute atomic E-state index is 11.5. The van der Waals surface area contributed by atoms with Crippen LogP contribution in [0.1, 0.15) is 40.5 Å². The summed E-state index contributed by atoms with van der Waals surface area (Å²) >= 11 is 0. The van der Waals surface area contributed by atoms with Crippen molar-refractivity contribution in [2.75, 3.05) is 6.61 Å². The van der Waals surface area contributed by atoms with Gasteiger partial charge in [-0.15, -0.1) is 0 Å². The van der Waals surface area contributed by atoms with Crippen LogP contribution >= 0.6 is 0 Å². The molecule has 102 valence electrons. The molecular formula is C13H21NO4. The molecule has 0 saturated carbocycles.